The van der Waals surface area contributed by atoms with Gasteiger partial charge in [0.25, 0.3) is 5.69 Å². The van der Waals surface area contributed by atoms with E-state index in [1.807, 2.05) is 24.5 Å². The fourth-order valence-corrected chi connectivity index (χ4v) is 2.99. The summed E-state index contributed by atoms with van der Waals surface area (Å²) in [5.41, 5.74) is 4.36. The third-order valence-electron chi connectivity index (χ3n) is 4.18. The molecule has 0 aliphatic rings. The van der Waals surface area contributed by atoms with E-state index in [-0.39, 0.29) is 5.69 Å². The van der Waals surface area contributed by atoms with Gasteiger partial charge in [0, 0.05) is 47.2 Å². The normalized spacial score (nSPS) is 10.9. The van der Waals surface area contributed by atoms with E-state index in [0.29, 0.717) is 6.54 Å². The summed E-state index contributed by atoms with van der Waals surface area (Å²) >= 11 is 0. The minimum atomic E-state index is -0.410. The number of H-pyrrole nitrogens is 1. The molecule has 128 valence electrons. The van der Waals surface area contributed by atoms with Crippen molar-refractivity contribution in [1.82, 2.24) is 19.7 Å². The van der Waals surface area contributed by atoms with Crippen LogP contribution in [-0.4, -0.2) is 24.7 Å². The van der Waals surface area contributed by atoms with Crippen molar-refractivity contribution >= 4 is 16.7 Å². The second kappa shape index (κ2) is 6.29. The highest BCUT2D eigenvalue weighted by Gasteiger charge is 2.16. The van der Waals surface area contributed by atoms with Crippen molar-refractivity contribution in [3.63, 3.8) is 0 Å². The maximum absolute atomic E-state index is 10.9. The van der Waals surface area contributed by atoms with Gasteiger partial charge < -0.3 is 4.98 Å². The molecule has 0 fully saturated rings. The molecule has 26 heavy (non-hydrogen) atoms. The fraction of sp³-hybridized carbons (Fsp3) is 0.0526. The molecule has 0 saturated carbocycles. The summed E-state index contributed by atoms with van der Waals surface area (Å²) in [5, 5.41) is 16.6. The zero-order valence-corrected chi connectivity index (χ0v) is 13.8. The summed E-state index contributed by atoms with van der Waals surface area (Å²) in [7, 11) is 0. The number of aromatic nitrogens is 4. The molecule has 4 rings (SSSR count). The first-order valence-corrected chi connectivity index (χ1v) is 8.03. The Morgan fingerprint density at radius 1 is 1.19 bits per heavy atom. The lowest BCUT2D eigenvalue weighted by molar-refractivity contribution is -0.384. The number of pyridine rings is 1. The number of nitrogens with zero attached hydrogens (tertiary/aromatic N) is 4. The van der Waals surface area contributed by atoms with E-state index in [2.05, 4.69) is 21.6 Å². The Hall–Kier alpha value is -3.74. The molecule has 1 aromatic carbocycles. The number of hydrogen-bond acceptors (Lipinski definition) is 4. The van der Waals surface area contributed by atoms with E-state index < -0.39 is 4.92 Å². The maximum atomic E-state index is 10.9. The first kappa shape index (κ1) is 15.8. The molecule has 3 aromatic heterocycles. The summed E-state index contributed by atoms with van der Waals surface area (Å²) < 4.78 is 1.80. The average molecular weight is 345 g/mol. The van der Waals surface area contributed by atoms with Gasteiger partial charge in [-0.3, -0.25) is 14.8 Å². The number of fused-ring (bicyclic) bond motifs is 1. The van der Waals surface area contributed by atoms with Gasteiger partial charge in [-0.25, -0.2) is 4.98 Å². The highest BCUT2D eigenvalue weighted by molar-refractivity contribution is 5.96. The van der Waals surface area contributed by atoms with Crippen LogP contribution < -0.4 is 0 Å². The van der Waals surface area contributed by atoms with Crippen LogP contribution in [0, 0.1) is 10.1 Å². The van der Waals surface area contributed by atoms with Crippen molar-refractivity contribution in [2.75, 3.05) is 0 Å². The van der Waals surface area contributed by atoms with Gasteiger partial charge >= 0.3 is 0 Å². The monoisotopic (exact) mass is 345 g/mol. The summed E-state index contributed by atoms with van der Waals surface area (Å²) in [6, 6.07) is 10.3. The molecule has 0 spiro atoms. The standard InChI is InChI=1S/C19H15N5O2/c1-2-11-23-12-17(15-7-9-20-19-16(15)8-10-21-19)18(22-23)13-3-5-14(6-4-13)24(25)26/h2-10,12H,1,11H2,(H,20,21). The van der Waals surface area contributed by atoms with Crippen LogP contribution >= 0.6 is 0 Å². The molecule has 7 nitrogen and oxygen atoms in total. The second-order valence-corrected chi connectivity index (χ2v) is 5.80. The van der Waals surface area contributed by atoms with Crippen LogP contribution in [0.2, 0.25) is 0 Å². The van der Waals surface area contributed by atoms with Gasteiger partial charge in [0.2, 0.25) is 0 Å². The number of aromatic amines is 1. The van der Waals surface area contributed by atoms with Gasteiger partial charge in [-0.2, -0.15) is 5.10 Å². The molecule has 7 heteroatoms. The Kier molecular flexibility index (Phi) is 3.81. The predicted octanol–water partition coefficient (Wildman–Crippen LogP) is 4.19. The third kappa shape index (κ3) is 2.65. The van der Waals surface area contributed by atoms with Crippen LogP contribution in [0.3, 0.4) is 0 Å². The Bertz CT molecular complexity index is 1110. The van der Waals surface area contributed by atoms with E-state index in [1.54, 1.807) is 29.1 Å². The number of hydrogen-bond donors (Lipinski definition) is 1. The smallest absolute Gasteiger partial charge is 0.269 e. The van der Waals surface area contributed by atoms with Crippen LogP contribution in [0.25, 0.3) is 33.4 Å². The molecule has 0 aliphatic carbocycles. The molecule has 1 N–H and O–H groups in total. The molecular weight excluding hydrogens is 330 g/mol. The first-order valence-electron chi connectivity index (χ1n) is 8.03. The van der Waals surface area contributed by atoms with E-state index in [4.69, 9.17) is 0 Å². The number of allylic oxidation sites excluding steroid dienone is 1. The first-order chi connectivity index (χ1) is 12.7. The zero-order chi connectivity index (χ0) is 18.1. The topological polar surface area (TPSA) is 89.6 Å². The van der Waals surface area contributed by atoms with Crippen molar-refractivity contribution < 1.29 is 4.92 Å². The second-order valence-electron chi connectivity index (χ2n) is 5.80. The number of non-ortho nitro benzene ring substituents is 1. The van der Waals surface area contributed by atoms with Gasteiger partial charge in [0.05, 0.1) is 11.5 Å². The van der Waals surface area contributed by atoms with E-state index in [0.717, 1.165) is 33.4 Å². The largest absolute Gasteiger partial charge is 0.346 e. The van der Waals surface area contributed by atoms with Gasteiger partial charge in [-0.15, -0.1) is 6.58 Å². The van der Waals surface area contributed by atoms with Crippen molar-refractivity contribution in [1.29, 1.82) is 0 Å². The molecule has 0 radical (unpaired) electrons. The van der Waals surface area contributed by atoms with Crippen molar-refractivity contribution in [2.45, 2.75) is 6.54 Å². The van der Waals surface area contributed by atoms with Crippen LogP contribution in [0.5, 0.6) is 0 Å². The summed E-state index contributed by atoms with van der Waals surface area (Å²) in [6.07, 6.45) is 7.33. The average Bonchev–Trinajstić information content (AvgIpc) is 3.28. The van der Waals surface area contributed by atoms with Crippen molar-refractivity contribution in [3.8, 4) is 22.4 Å². The molecule has 0 atom stereocenters. The minimum Gasteiger partial charge on any atom is -0.346 e. The van der Waals surface area contributed by atoms with E-state index in [1.165, 1.54) is 12.1 Å². The van der Waals surface area contributed by atoms with Crippen LogP contribution in [-0.2, 0) is 6.54 Å². The Labute approximate surface area is 148 Å². The Morgan fingerprint density at radius 3 is 2.73 bits per heavy atom. The molecule has 3 heterocycles. The number of nitro groups is 1. The van der Waals surface area contributed by atoms with E-state index >= 15 is 0 Å². The zero-order valence-electron chi connectivity index (χ0n) is 13.8. The van der Waals surface area contributed by atoms with Crippen LogP contribution in [0.1, 0.15) is 0 Å². The Morgan fingerprint density at radius 2 is 2.00 bits per heavy atom. The highest BCUT2D eigenvalue weighted by Crippen LogP contribution is 2.35. The van der Waals surface area contributed by atoms with Crippen molar-refractivity contribution in [2.24, 2.45) is 0 Å². The number of benzene rings is 1. The van der Waals surface area contributed by atoms with Crippen molar-refractivity contribution in [3.05, 3.63) is 77.8 Å². The number of rotatable bonds is 5. The third-order valence-corrected chi connectivity index (χ3v) is 4.18. The number of nitro benzene ring substituents is 1. The quantitative estimate of drug-likeness (QED) is 0.334. The summed E-state index contributed by atoms with van der Waals surface area (Å²) in [4.78, 5) is 17.9. The molecule has 0 saturated heterocycles. The lowest BCUT2D eigenvalue weighted by Gasteiger charge is -2.04. The van der Waals surface area contributed by atoms with E-state index in [9.17, 15) is 10.1 Å². The van der Waals surface area contributed by atoms with Gasteiger partial charge in [0.15, 0.2) is 0 Å². The highest BCUT2D eigenvalue weighted by atomic mass is 16.6. The van der Waals surface area contributed by atoms with Gasteiger partial charge in [-0.05, 0) is 29.8 Å². The SMILES string of the molecule is C=CCn1cc(-c2ccnc3[nH]ccc23)c(-c2ccc([N+](=O)[O-])cc2)n1. The lowest BCUT2D eigenvalue weighted by Crippen LogP contribution is -1.95. The maximum Gasteiger partial charge on any atom is 0.269 e. The lowest BCUT2D eigenvalue weighted by atomic mass is 10.0. The van der Waals surface area contributed by atoms with Gasteiger partial charge in [0.1, 0.15) is 11.3 Å². The fourth-order valence-electron chi connectivity index (χ4n) is 2.99. The molecule has 0 bridgehead atoms. The summed E-state index contributed by atoms with van der Waals surface area (Å²) in [5.74, 6) is 0. The molecule has 0 aliphatic heterocycles. The molecule has 0 amide bonds. The summed E-state index contributed by atoms with van der Waals surface area (Å²) in [6.45, 7) is 4.33. The van der Waals surface area contributed by atoms with Gasteiger partial charge in [-0.1, -0.05) is 6.08 Å². The predicted molar refractivity (Wildman–Crippen MR) is 99.6 cm³/mol. The van der Waals surface area contributed by atoms with Crippen LogP contribution in [0.15, 0.2) is 67.6 Å². The number of nitrogens with one attached hydrogen (secondary N) is 1. The van der Waals surface area contributed by atoms with Crippen LogP contribution in [0.4, 0.5) is 5.69 Å². The Balaban J connectivity index is 1.90. The minimum absolute atomic E-state index is 0.0535. The molecular formula is C19H15N5O2. The molecule has 0 unspecified atom stereocenters. The molecule has 4 aromatic rings.